The minimum Gasteiger partial charge on any atom is -0.383 e. The molecule has 1 heterocycles. The Balaban J connectivity index is 2.10. The summed E-state index contributed by atoms with van der Waals surface area (Å²) in [5.41, 5.74) is 0.734. The highest BCUT2D eigenvalue weighted by Crippen LogP contribution is 2.25. The van der Waals surface area contributed by atoms with E-state index in [1.807, 2.05) is 7.05 Å². The molecule has 2 N–H and O–H groups in total. The second kappa shape index (κ2) is 6.53. The second-order valence-corrected chi connectivity index (χ2v) is 5.31. The Hall–Kier alpha value is -2.15. The number of carbonyl (C=O) groups excluding carboxylic acids is 1. The van der Waals surface area contributed by atoms with E-state index in [9.17, 15) is 14.9 Å². The standard InChI is InChI=1S/C14H20N4O3/c1-15-12-8-10(5-6-13(12)18(20)21)14(19)16-11-4-3-7-17(2)9-11/h5-6,8,11,15H,3-4,7,9H2,1-2H3,(H,16,19). The van der Waals surface area contributed by atoms with E-state index in [4.69, 9.17) is 0 Å². The third kappa shape index (κ3) is 3.69. The Labute approximate surface area is 123 Å². The summed E-state index contributed by atoms with van der Waals surface area (Å²) in [7, 11) is 3.63. The molecule has 1 saturated heterocycles. The number of likely N-dealkylation sites (N-methyl/N-ethyl adjacent to an activating group) is 1. The first-order valence-electron chi connectivity index (χ1n) is 6.97. The summed E-state index contributed by atoms with van der Waals surface area (Å²) in [6.45, 7) is 1.88. The predicted molar refractivity (Wildman–Crippen MR) is 80.6 cm³/mol. The Morgan fingerprint density at radius 2 is 2.24 bits per heavy atom. The van der Waals surface area contributed by atoms with Crippen LogP contribution in [0.25, 0.3) is 0 Å². The van der Waals surface area contributed by atoms with E-state index in [-0.39, 0.29) is 17.6 Å². The van der Waals surface area contributed by atoms with Gasteiger partial charge in [0.2, 0.25) is 0 Å². The Morgan fingerprint density at radius 1 is 1.48 bits per heavy atom. The van der Waals surface area contributed by atoms with Crippen molar-refractivity contribution < 1.29 is 9.72 Å². The Kier molecular flexibility index (Phi) is 4.74. The molecule has 1 atom stereocenters. The van der Waals surface area contributed by atoms with Crippen LogP contribution >= 0.6 is 0 Å². The van der Waals surface area contributed by atoms with Crippen molar-refractivity contribution in [1.29, 1.82) is 0 Å². The first kappa shape index (κ1) is 15.2. The average Bonchev–Trinajstić information content (AvgIpc) is 2.46. The minimum absolute atomic E-state index is 0.0357. The SMILES string of the molecule is CNc1cc(C(=O)NC2CCCN(C)C2)ccc1[N+](=O)[O-]. The number of hydrogen-bond acceptors (Lipinski definition) is 5. The zero-order chi connectivity index (χ0) is 15.4. The fraction of sp³-hybridized carbons (Fsp3) is 0.500. The Morgan fingerprint density at radius 3 is 2.86 bits per heavy atom. The van der Waals surface area contributed by atoms with Crippen molar-refractivity contribution in [2.24, 2.45) is 0 Å². The van der Waals surface area contributed by atoms with Gasteiger partial charge in [-0.25, -0.2) is 0 Å². The van der Waals surface area contributed by atoms with E-state index in [0.717, 1.165) is 25.9 Å². The zero-order valence-corrected chi connectivity index (χ0v) is 12.3. The molecule has 1 amide bonds. The lowest BCUT2D eigenvalue weighted by Crippen LogP contribution is -2.46. The fourth-order valence-corrected chi connectivity index (χ4v) is 2.59. The molecule has 1 fully saturated rings. The van der Waals surface area contributed by atoms with Gasteiger partial charge in [0.1, 0.15) is 5.69 Å². The summed E-state index contributed by atoms with van der Waals surface area (Å²) in [6, 6.07) is 4.48. The van der Waals surface area contributed by atoms with Gasteiger partial charge in [-0.1, -0.05) is 0 Å². The molecule has 114 valence electrons. The van der Waals surface area contributed by atoms with Crippen LogP contribution in [0.4, 0.5) is 11.4 Å². The topological polar surface area (TPSA) is 87.5 Å². The average molecular weight is 292 g/mol. The van der Waals surface area contributed by atoms with Gasteiger partial charge in [0.25, 0.3) is 11.6 Å². The number of piperidine rings is 1. The van der Waals surface area contributed by atoms with Crippen molar-refractivity contribution in [2.75, 3.05) is 32.5 Å². The highest BCUT2D eigenvalue weighted by atomic mass is 16.6. The summed E-state index contributed by atoms with van der Waals surface area (Å²) in [5, 5.41) is 16.6. The van der Waals surface area contributed by atoms with Crippen LogP contribution < -0.4 is 10.6 Å². The number of hydrogen-bond donors (Lipinski definition) is 2. The second-order valence-electron chi connectivity index (χ2n) is 5.31. The van der Waals surface area contributed by atoms with Gasteiger partial charge in [-0.2, -0.15) is 0 Å². The number of nitro benzene ring substituents is 1. The molecule has 1 aliphatic heterocycles. The van der Waals surface area contributed by atoms with Crippen molar-refractivity contribution in [2.45, 2.75) is 18.9 Å². The van der Waals surface area contributed by atoms with Gasteiger partial charge in [-0.05, 0) is 38.6 Å². The number of nitrogens with one attached hydrogen (secondary N) is 2. The molecule has 1 aromatic rings. The monoisotopic (exact) mass is 292 g/mol. The lowest BCUT2D eigenvalue weighted by atomic mass is 10.1. The van der Waals surface area contributed by atoms with E-state index in [1.165, 1.54) is 18.2 Å². The molecule has 21 heavy (non-hydrogen) atoms. The van der Waals surface area contributed by atoms with Gasteiger partial charge in [-0.15, -0.1) is 0 Å². The molecule has 7 nitrogen and oxygen atoms in total. The summed E-state index contributed by atoms with van der Waals surface area (Å²) in [5.74, 6) is -0.193. The van der Waals surface area contributed by atoms with Gasteiger partial charge in [-0.3, -0.25) is 14.9 Å². The predicted octanol–water partition coefficient (Wildman–Crippen LogP) is 1.46. The number of likely N-dealkylation sites (tertiary alicyclic amines) is 1. The number of anilines is 1. The Bertz CT molecular complexity index is 547. The van der Waals surface area contributed by atoms with Crippen LogP contribution in [0.2, 0.25) is 0 Å². The van der Waals surface area contributed by atoms with Crippen LogP contribution in [0, 0.1) is 10.1 Å². The van der Waals surface area contributed by atoms with Crippen LogP contribution in [-0.2, 0) is 0 Å². The summed E-state index contributed by atoms with van der Waals surface area (Å²) >= 11 is 0. The molecule has 0 aromatic heterocycles. The molecule has 0 radical (unpaired) electrons. The third-order valence-corrected chi connectivity index (χ3v) is 3.68. The third-order valence-electron chi connectivity index (χ3n) is 3.68. The normalized spacial score (nSPS) is 19.0. The van der Waals surface area contributed by atoms with Crippen LogP contribution in [0.1, 0.15) is 23.2 Å². The minimum atomic E-state index is -0.469. The molecule has 7 heteroatoms. The number of rotatable bonds is 4. The van der Waals surface area contributed by atoms with Crippen LogP contribution in [0.5, 0.6) is 0 Å². The first-order chi connectivity index (χ1) is 10.0. The molecule has 0 saturated carbocycles. The van der Waals surface area contributed by atoms with Crippen LogP contribution in [0.3, 0.4) is 0 Å². The highest BCUT2D eigenvalue weighted by molar-refractivity contribution is 5.96. The largest absolute Gasteiger partial charge is 0.383 e. The lowest BCUT2D eigenvalue weighted by Gasteiger charge is -2.30. The van der Waals surface area contributed by atoms with Gasteiger partial charge in [0.15, 0.2) is 0 Å². The number of carbonyl (C=O) groups is 1. The maximum Gasteiger partial charge on any atom is 0.292 e. The number of benzene rings is 1. The van der Waals surface area contributed by atoms with Crippen molar-refractivity contribution in [3.63, 3.8) is 0 Å². The molecule has 2 rings (SSSR count). The molecular formula is C14H20N4O3. The van der Waals surface area contributed by atoms with E-state index in [2.05, 4.69) is 15.5 Å². The van der Waals surface area contributed by atoms with E-state index in [1.54, 1.807) is 7.05 Å². The van der Waals surface area contributed by atoms with E-state index < -0.39 is 4.92 Å². The number of nitro groups is 1. The van der Waals surface area contributed by atoms with Gasteiger partial charge >= 0.3 is 0 Å². The fourth-order valence-electron chi connectivity index (χ4n) is 2.59. The van der Waals surface area contributed by atoms with E-state index >= 15 is 0 Å². The number of amides is 1. The molecule has 1 aromatic carbocycles. The zero-order valence-electron chi connectivity index (χ0n) is 12.3. The van der Waals surface area contributed by atoms with Gasteiger partial charge < -0.3 is 15.5 Å². The number of nitrogens with zero attached hydrogens (tertiary/aromatic N) is 2. The molecule has 0 spiro atoms. The molecular weight excluding hydrogens is 272 g/mol. The lowest BCUT2D eigenvalue weighted by molar-refractivity contribution is -0.383. The van der Waals surface area contributed by atoms with Crippen LogP contribution in [-0.4, -0.2) is 49.0 Å². The molecule has 1 unspecified atom stereocenters. The first-order valence-corrected chi connectivity index (χ1v) is 6.97. The smallest absolute Gasteiger partial charge is 0.292 e. The molecule has 1 aliphatic rings. The summed E-state index contributed by atoms with van der Waals surface area (Å²) in [4.78, 5) is 24.8. The molecule has 0 aliphatic carbocycles. The molecule has 0 bridgehead atoms. The van der Waals surface area contributed by atoms with Crippen LogP contribution in [0.15, 0.2) is 18.2 Å². The van der Waals surface area contributed by atoms with Gasteiger partial charge in [0, 0.05) is 31.3 Å². The summed E-state index contributed by atoms with van der Waals surface area (Å²) < 4.78 is 0. The van der Waals surface area contributed by atoms with Crippen molar-refractivity contribution >= 4 is 17.3 Å². The van der Waals surface area contributed by atoms with Crippen molar-refractivity contribution in [1.82, 2.24) is 10.2 Å². The quantitative estimate of drug-likeness (QED) is 0.648. The highest BCUT2D eigenvalue weighted by Gasteiger charge is 2.21. The maximum atomic E-state index is 12.2. The van der Waals surface area contributed by atoms with Crippen molar-refractivity contribution in [3.8, 4) is 0 Å². The maximum absolute atomic E-state index is 12.2. The van der Waals surface area contributed by atoms with Gasteiger partial charge in [0.05, 0.1) is 4.92 Å². The van der Waals surface area contributed by atoms with E-state index in [0.29, 0.717) is 11.3 Å². The van der Waals surface area contributed by atoms with Crippen molar-refractivity contribution in [3.05, 3.63) is 33.9 Å². The summed E-state index contributed by atoms with van der Waals surface area (Å²) in [6.07, 6.45) is 2.02.